The van der Waals surface area contributed by atoms with E-state index in [0.717, 1.165) is 56.3 Å². The number of pyridine rings is 1. The average molecular weight is 401 g/mol. The van der Waals surface area contributed by atoms with Crippen LogP contribution in [0, 0.1) is 5.92 Å². The van der Waals surface area contributed by atoms with Gasteiger partial charge in [0.15, 0.2) is 9.84 Å². The molecule has 1 aromatic carbocycles. The maximum absolute atomic E-state index is 11.7. The Morgan fingerprint density at radius 3 is 2.50 bits per heavy atom. The molecule has 0 bridgehead atoms. The van der Waals surface area contributed by atoms with Crippen LogP contribution in [0.5, 0.6) is 0 Å². The smallest absolute Gasteiger partial charge is 0.175 e. The van der Waals surface area contributed by atoms with E-state index >= 15 is 0 Å². The van der Waals surface area contributed by atoms with Crippen LogP contribution in [0.2, 0.25) is 0 Å². The van der Waals surface area contributed by atoms with Gasteiger partial charge < -0.3 is 10.1 Å². The lowest BCUT2D eigenvalue weighted by Crippen LogP contribution is -2.33. The monoisotopic (exact) mass is 400 g/mol. The number of nitrogens with zero attached hydrogens (tertiary/aromatic N) is 1. The van der Waals surface area contributed by atoms with Gasteiger partial charge in [0.1, 0.15) is 0 Å². The van der Waals surface area contributed by atoms with Crippen molar-refractivity contribution in [3.05, 3.63) is 48.2 Å². The van der Waals surface area contributed by atoms with E-state index in [-0.39, 0.29) is 5.41 Å². The minimum Gasteiger partial charge on any atom is -0.381 e. The predicted octanol–water partition coefficient (Wildman–Crippen LogP) is 3.20. The van der Waals surface area contributed by atoms with Crippen LogP contribution in [0.1, 0.15) is 31.2 Å². The summed E-state index contributed by atoms with van der Waals surface area (Å²) in [6, 6.07) is 11.3. The largest absolute Gasteiger partial charge is 0.381 e. The molecule has 0 unspecified atom stereocenters. The quantitative estimate of drug-likeness (QED) is 0.773. The molecule has 1 aliphatic carbocycles. The Balaban J connectivity index is 1.44. The number of hydrogen-bond acceptors (Lipinski definition) is 5. The van der Waals surface area contributed by atoms with Gasteiger partial charge in [0.25, 0.3) is 0 Å². The van der Waals surface area contributed by atoms with Gasteiger partial charge in [0.05, 0.1) is 10.6 Å². The van der Waals surface area contributed by atoms with E-state index in [9.17, 15) is 8.42 Å². The van der Waals surface area contributed by atoms with E-state index in [4.69, 9.17) is 4.74 Å². The van der Waals surface area contributed by atoms with Crippen molar-refractivity contribution in [1.29, 1.82) is 0 Å². The third kappa shape index (κ3) is 4.45. The maximum atomic E-state index is 11.7. The number of nitrogens with one attached hydrogen (secondary N) is 1. The van der Waals surface area contributed by atoms with Crippen molar-refractivity contribution in [2.24, 2.45) is 5.92 Å². The van der Waals surface area contributed by atoms with Gasteiger partial charge in [0, 0.05) is 43.2 Å². The number of benzene rings is 1. The van der Waals surface area contributed by atoms with Gasteiger partial charge in [0.2, 0.25) is 0 Å². The molecule has 150 valence electrons. The zero-order valence-corrected chi connectivity index (χ0v) is 17.2. The second-order valence-corrected chi connectivity index (χ2v) is 10.2. The topological polar surface area (TPSA) is 68.3 Å². The van der Waals surface area contributed by atoms with Crippen LogP contribution in [-0.4, -0.2) is 46.0 Å². The number of aromatic nitrogens is 1. The molecule has 0 spiro atoms. The molecule has 2 heterocycles. The summed E-state index contributed by atoms with van der Waals surface area (Å²) in [5.74, 6) is 0.728. The van der Waals surface area contributed by atoms with Crippen molar-refractivity contribution >= 4 is 9.84 Å². The van der Waals surface area contributed by atoms with Crippen LogP contribution in [0.3, 0.4) is 0 Å². The Hall–Kier alpha value is -1.76. The van der Waals surface area contributed by atoms with Crippen molar-refractivity contribution in [1.82, 2.24) is 10.3 Å². The highest BCUT2D eigenvalue weighted by Gasteiger charge is 2.44. The molecule has 1 aliphatic heterocycles. The zero-order chi connectivity index (χ0) is 19.6. The standard InChI is InChI=1S/C22H28N2O3S/c1-28(25,26)20-4-2-18(3-5-20)21-14-19(6-11-24-21)22(9-10-22)16-23-15-17-7-12-27-13-8-17/h2-6,11,14,17,23H,7-10,12-13,15-16H2,1H3. The Labute approximate surface area is 167 Å². The fourth-order valence-electron chi connectivity index (χ4n) is 3.98. The van der Waals surface area contributed by atoms with Crippen molar-refractivity contribution in [2.45, 2.75) is 36.0 Å². The molecule has 2 aliphatic rings. The van der Waals surface area contributed by atoms with E-state index in [1.54, 1.807) is 12.1 Å². The fraction of sp³-hybridized carbons (Fsp3) is 0.500. The van der Waals surface area contributed by atoms with Gasteiger partial charge in [-0.25, -0.2) is 8.42 Å². The summed E-state index contributed by atoms with van der Waals surface area (Å²) in [5.41, 5.74) is 3.38. The molecule has 0 amide bonds. The molecule has 6 heteroatoms. The van der Waals surface area contributed by atoms with Gasteiger partial charge in [-0.15, -0.1) is 0 Å². The Kier molecular flexibility index (Phi) is 5.54. The molecule has 28 heavy (non-hydrogen) atoms. The van der Waals surface area contributed by atoms with Crippen LogP contribution in [0.15, 0.2) is 47.5 Å². The second kappa shape index (κ2) is 7.93. The third-order valence-electron chi connectivity index (χ3n) is 6.04. The van der Waals surface area contributed by atoms with Gasteiger partial charge in [-0.3, -0.25) is 4.98 Å². The Bertz CT molecular complexity index is 915. The molecule has 1 saturated heterocycles. The number of rotatable bonds is 7. The first-order chi connectivity index (χ1) is 13.5. The van der Waals surface area contributed by atoms with Crippen LogP contribution in [-0.2, 0) is 20.0 Å². The van der Waals surface area contributed by atoms with Crippen LogP contribution < -0.4 is 5.32 Å². The molecule has 1 N–H and O–H groups in total. The first kappa shape index (κ1) is 19.6. The summed E-state index contributed by atoms with van der Waals surface area (Å²) in [7, 11) is -3.18. The van der Waals surface area contributed by atoms with Gasteiger partial charge in [-0.2, -0.15) is 0 Å². The lowest BCUT2D eigenvalue weighted by Gasteiger charge is -2.24. The summed E-state index contributed by atoms with van der Waals surface area (Å²) in [4.78, 5) is 4.85. The van der Waals surface area contributed by atoms with E-state index in [1.165, 1.54) is 24.7 Å². The first-order valence-electron chi connectivity index (χ1n) is 10.0. The molecule has 1 saturated carbocycles. The maximum Gasteiger partial charge on any atom is 0.175 e. The van der Waals surface area contributed by atoms with Crippen LogP contribution >= 0.6 is 0 Å². The van der Waals surface area contributed by atoms with Gasteiger partial charge in [-0.1, -0.05) is 12.1 Å². The second-order valence-electron chi connectivity index (χ2n) is 8.19. The molecule has 2 aromatic rings. The third-order valence-corrected chi connectivity index (χ3v) is 7.17. The summed E-state index contributed by atoms with van der Waals surface area (Å²) < 4.78 is 28.8. The van der Waals surface area contributed by atoms with Crippen LogP contribution in [0.4, 0.5) is 0 Å². The normalized spacial score (nSPS) is 19.5. The van der Waals surface area contributed by atoms with E-state index in [2.05, 4.69) is 22.4 Å². The van der Waals surface area contributed by atoms with E-state index in [1.807, 2.05) is 18.3 Å². The summed E-state index contributed by atoms with van der Waals surface area (Å²) in [5, 5.41) is 3.70. The van der Waals surface area contributed by atoms with Crippen molar-refractivity contribution in [2.75, 3.05) is 32.6 Å². The summed E-state index contributed by atoms with van der Waals surface area (Å²) in [6.45, 7) is 3.85. The number of hydrogen-bond donors (Lipinski definition) is 1. The first-order valence-corrected chi connectivity index (χ1v) is 11.9. The molecule has 1 aromatic heterocycles. The molecule has 0 atom stereocenters. The predicted molar refractivity (Wildman–Crippen MR) is 110 cm³/mol. The van der Waals surface area contributed by atoms with E-state index in [0.29, 0.717) is 4.90 Å². The van der Waals surface area contributed by atoms with Gasteiger partial charge >= 0.3 is 0 Å². The average Bonchev–Trinajstić information content (AvgIpc) is 3.49. The lowest BCUT2D eigenvalue weighted by atomic mass is 9.94. The van der Waals surface area contributed by atoms with Gasteiger partial charge in [-0.05, 0) is 68.0 Å². The highest BCUT2D eigenvalue weighted by Crippen LogP contribution is 2.48. The zero-order valence-electron chi connectivity index (χ0n) is 16.4. The number of sulfone groups is 1. The highest BCUT2D eigenvalue weighted by atomic mass is 32.2. The minimum absolute atomic E-state index is 0.218. The SMILES string of the molecule is CS(=O)(=O)c1ccc(-c2cc(C3(CNCC4CCOCC4)CC3)ccn2)cc1. The molecule has 0 radical (unpaired) electrons. The Morgan fingerprint density at radius 2 is 1.86 bits per heavy atom. The molecule has 2 fully saturated rings. The molecular weight excluding hydrogens is 372 g/mol. The van der Waals surface area contributed by atoms with Crippen molar-refractivity contribution in [3.8, 4) is 11.3 Å². The number of ether oxygens (including phenoxy) is 1. The van der Waals surface area contributed by atoms with Crippen molar-refractivity contribution in [3.63, 3.8) is 0 Å². The highest BCUT2D eigenvalue weighted by molar-refractivity contribution is 7.90. The van der Waals surface area contributed by atoms with E-state index < -0.39 is 9.84 Å². The fourth-order valence-corrected chi connectivity index (χ4v) is 4.61. The molecule has 4 rings (SSSR count). The van der Waals surface area contributed by atoms with Crippen molar-refractivity contribution < 1.29 is 13.2 Å². The Morgan fingerprint density at radius 1 is 1.14 bits per heavy atom. The lowest BCUT2D eigenvalue weighted by molar-refractivity contribution is 0.0662. The molecular formula is C22H28N2O3S. The van der Waals surface area contributed by atoms with Crippen LogP contribution in [0.25, 0.3) is 11.3 Å². The summed E-state index contributed by atoms with van der Waals surface area (Å²) in [6.07, 6.45) is 7.80. The summed E-state index contributed by atoms with van der Waals surface area (Å²) >= 11 is 0. The molecule has 5 nitrogen and oxygen atoms in total. The minimum atomic E-state index is -3.18.